The quantitative estimate of drug-likeness (QED) is 0.371. The molecule has 182 valence electrons. The number of halogens is 2. The Kier molecular flexibility index (Phi) is 6.57. The minimum Gasteiger partial charge on any atom is -0.486 e. The SMILES string of the molecule is CN=S1(=O)CCN(c2ccc(-c3n[nH]c4ccc(O[C@H](C)c5c(Cl)cncc5Cl)cc34)cn2)CC1. The molecule has 0 amide bonds. The van der Waals surface area contributed by atoms with Crippen LogP contribution in [0.5, 0.6) is 5.75 Å². The number of hydrogen-bond donors (Lipinski definition) is 1. The van der Waals surface area contributed by atoms with E-state index in [1.807, 2.05) is 43.5 Å². The zero-order valence-electron chi connectivity index (χ0n) is 19.2. The van der Waals surface area contributed by atoms with E-state index in [0.29, 0.717) is 46.0 Å². The van der Waals surface area contributed by atoms with Gasteiger partial charge in [0.25, 0.3) is 0 Å². The summed E-state index contributed by atoms with van der Waals surface area (Å²) in [6.07, 6.45) is 4.55. The van der Waals surface area contributed by atoms with Crippen LogP contribution in [0.25, 0.3) is 22.2 Å². The van der Waals surface area contributed by atoms with Crippen LogP contribution in [0.1, 0.15) is 18.6 Å². The number of pyridine rings is 2. The van der Waals surface area contributed by atoms with Crippen LogP contribution in [0.3, 0.4) is 0 Å². The van der Waals surface area contributed by atoms with Crippen LogP contribution in [-0.2, 0) is 9.73 Å². The summed E-state index contributed by atoms with van der Waals surface area (Å²) in [5, 5.41) is 9.42. The lowest BCUT2D eigenvalue weighted by Gasteiger charge is -2.29. The van der Waals surface area contributed by atoms with Crippen LogP contribution in [0.2, 0.25) is 10.0 Å². The van der Waals surface area contributed by atoms with E-state index in [-0.39, 0.29) is 6.10 Å². The number of aromatic amines is 1. The standard InChI is InChI=1S/C24H24Cl2N6O2S/c1-15(23-19(25)13-28-14-20(23)26)34-17-4-5-21-18(11-17)24(31-30-21)16-3-6-22(29-12-16)32-7-9-35(33,27-2)10-8-32/h3-6,11-15H,7-10H2,1-2H3,(H,30,31)/t15-/m1/s1. The second kappa shape index (κ2) is 9.64. The molecule has 0 radical (unpaired) electrons. The van der Waals surface area contributed by atoms with Crippen molar-refractivity contribution in [2.24, 2.45) is 4.36 Å². The summed E-state index contributed by atoms with van der Waals surface area (Å²) >= 11 is 12.6. The fourth-order valence-electron chi connectivity index (χ4n) is 4.20. The van der Waals surface area contributed by atoms with E-state index in [1.165, 1.54) is 0 Å². The number of hydrogen-bond acceptors (Lipinski definition) is 7. The highest BCUT2D eigenvalue weighted by Gasteiger charge is 2.21. The number of anilines is 1. The van der Waals surface area contributed by atoms with Crippen molar-refractivity contribution in [2.75, 3.05) is 36.5 Å². The number of rotatable bonds is 5. The van der Waals surface area contributed by atoms with Crippen LogP contribution in [0.15, 0.2) is 53.3 Å². The molecular formula is C24H24Cl2N6O2S. The van der Waals surface area contributed by atoms with Gasteiger partial charge in [0.05, 0.1) is 15.6 Å². The van der Waals surface area contributed by atoms with Gasteiger partial charge < -0.3 is 9.64 Å². The van der Waals surface area contributed by atoms with E-state index < -0.39 is 9.73 Å². The Labute approximate surface area is 213 Å². The summed E-state index contributed by atoms with van der Waals surface area (Å²) < 4.78 is 22.7. The summed E-state index contributed by atoms with van der Waals surface area (Å²) in [6.45, 7) is 3.25. The predicted octanol–water partition coefficient (Wildman–Crippen LogP) is 5.38. The lowest BCUT2D eigenvalue weighted by atomic mass is 10.1. The summed E-state index contributed by atoms with van der Waals surface area (Å²) in [7, 11) is -0.422. The third kappa shape index (κ3) is 4.80. The average molecular weight is 531 g/mol. The highest BCUT2D eigenvalue weighted by Crippen LogP contribution is 2.35. The topological polar surface area (TPSA) is 96.4 Å². The Hall–Kier alpha value is -2.88. The van der Waals surface area contributed by atoms with Crippen molar-refractivity contribution in [1.82, 2.24) is 20.2 Å². The number of benzene rings is 1. The minimum atomic E-state index is -2.06. The molecule has 1 saturated heterocycles. The van der Waals surface area contributed by atoms with Crippen molar-refractivity contribution < 1.29 is 8.95 Å². The summed E-state index contributed by atoms with van der Waals surface area (Å²) in [5.74, 6) is 2.65. The number of ether oxygens (including phenoxy) is 1. The maximum absolute atomic E-state index is 12.4. The lowest BCUT2D eigenvalue weighted by Crippen LogP contribution is -2.40. The second-order valence-electron chi connectivity index (χ2n) is 8.31. The molecule has 1 aliphatic rings. The number of nitrogens with zero attached hydrogens (tertiary/aromatic N) is 5. The summed E-state index contributed by atoms with van der Waals surface area (Å²) in [4.78, 5) is 10.8. The zero-order chi connectivity index (χ0) is 24.6. The number of H-pyrrole nitrogens is 1. The van der Waals surface area contributed by atoms with Crippen molar-refractivity contribution in [1.29, 1.82) is 0 Å². The molecule has 5 rings (SSSR count). The Morgan fingerprint density at radius 3 is 2.51 bits per heavy atom. The van der Waals surface area contributed by atoms with Crippen molar-refractivity contribution in [3.63, 3.8) is 0 Å². The molecule has 0 unspecified atom stereocenters. The monoisotopic (exact) mass is 530 g/mol. The smallest absolute Gasteiger partial charge is 0.128 e. The van der Waals surface area contributed by atoms with Gasteiger partial charge in [-0.25, -0.2) is 13.6 Å². The van der Waals surface area contributed by atoms with Gasteiger partial charge in [-0.05, 0) is 37.3 Å². The highest BCUT2D eigenvalue weighted by atomic mass is 35.5. The molecule has 1 fully saturated rings. The Morgan fingerprint density at radius 2 is 1.86 bits per heavy atom. The fraction of sp³-hybridized carbons (Fsp3) is 0.292. The molecule has 8 nitrogen and oxygen atoms in total. The molecular weight excluding hydrogens is 507 g/mol. The Bertz CT molecular complexity index is 1460. The van der Waals surface area contributed by atoms with E-state index in [2.05, 4.69) is 29.4 Å². The van der Waals surface area contributed by atoms with E-state index >= 15 is 0 Å². The van der Waals surface area contributed by atoms with E-state index in [4.69, 9.17) is 27.9 Å². The molecule has 1 N–H and O–H groups in total. The molecule has 3 aromatic heterocycles. The fourth-order valence-corrected chi connectivity index (χ4v) is 6.46. The molecule has 0 bridgehead atoms. The maximum Gasteiger partial charge on any atom is 0.128 e. The highest BCUT2D eigenvalue weighted by molar-refractivity contribution is 7.93. The van der Waals surface area contributed by atoms with Crippen molar-refractivity contribution in [2.45, 2.75) is 13.0 Å². The molecule has 0 aliphatic carbocycles. The van der Waals surface area contributed by atoms with Gasteiger partial charge in [0.15, 0.2) is 0 Å². The summed E-state index contributed by atoms with van der Waals surface area (Å²) in [6, 6.07) is 9.72. The largest absolute Gasteiger partial charge is 0.486 e. The minimum absolute atomic E-state index is 0.369. The van der Waals surface area contributed by atoms with Gasteiger partial charge in [-0.15, -0.1) is 0 Å². The summed E-state index contributed by atoms with van der Waals surface area (Å²) in [5.41, 5.74) is 3.24. The van der Waals surface area contributed by atoms with Crippen molar-refractivity contribution >= 4 is 49.7 Å². The van der Waals surface area contributed by atoms with Gasteiger partial charge >= 0.3 is 0 Å². The van der Waals surface area contributed by atoms with Crippen LogP contribution >= 0.6 is 23.2 Å². The average Bonchev–Trinajstić information content (AvgIpc) is 3.28. The van der Waals surface area contributed by atoms with Crippen molar-refractivity contribution in [3.8, 4) is 17.0 Å². The van der Waals surface area contributed by atoms with Gasteiger partial charge in [0, 0.05) is 76.5 Å². The molecule has 1 aromatic carbocycles. The molecule has 1 atom stereocenters. The number of fused-ring (bicyclic) bond motifs is 1. The molecule has 4 heterocycles. The number of aromatic nitrogens is 4. The first-order chi connectivity index (χ1) is 16.9. The second-order valence-corrected chi connectivity index (χ2v) is 11.9. The number of nitrogens with one attached hydrogen (secondary N) is 1. The molecule has 0 spiro atoms. The molecule has 4 aromatic rings. The first kappa shape index (κ1) is 23.8. The normalized spacial score (nSPS) is 16.3. The third-order valence-corrected chi connectivity index (χ3v) is 9.09. The van der Waals surface area contributed by atoms with Gasteiger partial charge in [-0.2, -0.15) is 5.10 Å². The third-order valence-electron chi connectivity index (χ3n) is 6.18. The van der Waals surface area contributed by atoms with Crippen LogP contribution in [0, 0.1) is 0 Å². The Morgan fingerprint density at radius 1 is 1.11 bits per heavy atom. The zero-order valence-corrected chi connectivity index (χ0v) is 21.6. The Balaban J connectivity index is 1.38. The molecule has 0 saturated carbocycles. The molecule has 1 aliphatic heterocycles. The van der Waals surface area contributed by atoms with Gasteiger partial charge in [-0.1, -0.05) is 23.2 Å². The van der Waals surface area contributed by atoms with Crippen molar-refractivity contribution in [3.05, 3.63) is 64.5 Å². The first-order valence-corrected chi connectivity index (χ1v) is 13.7. The van der Waals surface area contributed by atoms with E-state index in [1.54, 1.807) is 19.4 Å². The van der Waals surface area contributed by atoms with Crippen LogP contribution < -0.4 is 9.64 Å². The van der Waals surface area contributed by atoms with Crippen LogP contribution in [-0.4, -0.2) is 56.0 Å². The molecule has 11 heteroatoms. The predicted molar refractivity (Wildman–Crippen MR) is 141 cm³/mol. The molecule has 35 heavy (non-hydrogen) atoms. The van der Waals surface area contributed by atoms with Crippen LogP contribution in [0.4, 0.5) is 5.82 Å². The van der Waals surface area contributed by atoms with Gasteiger partial charge in [0.1, 0.15) is 23.4 Å². The van der Waals surface area contributed by atoms with E-state index in [0.717, 1.165) is 28.0 Å². The van der Waals surface area contributed by atoms with E-state index in [9.17, 15) is 4.21 Å². The van der Waals surface area contributed by atoms with Gasteiger partial charge in [-0.3, -0.25) is 10.1 Å². The lowest BCUT2D eigenvalue weighted by molar-refractivity contribution is 0.227. The first-order valence-electron chi connectivity index (χ1n) is 11.1. The van der Waals surface area contributed by atoms with Gasteiger partial charge in [0.2, 0.25) is 0 Å². The maximum atomic E-state index is 12.4.